The van der Waals surface area contributed by atoms with Gasteiger partial charge in [0.2, 0.25) is 0 Å². The zero-order valence-corrected chi connectivity index (χ0v) is 21.2. The molecule has 186 valence electrons. The highest BCUT2D eigenvalue weighted by atomic mass is 19.2. The van der Waals surface area contributed by atoms with E-state index in [1.165, 1.54) is 51.4 Å². The molecule has 1 nitrogen and oxygen atoms in total. The Morgan fingerprint density at radius 1 is 0.686 bits per heavy atom. The fourth-order valence-electron chi connectivity index (χ4n) is 5.16. The SMILES string of the molecule is Cc1ccc(-c2ccc(-c3ccc(OCCCCCCC4CCC(C)CC4)cc3)c(F)c2F)cc1. The molecule has 3 aromatic rings. The summed E-state index contributed by atoms with van der Waals surface area (Å²) in [4.78, 5) is 0. The van der Waals surface area contributed by atoms with Crippen molar-refractivity contribution >= 4 is 0 Å². The van der Waals surface area contributed by atoms with Crippen LogP contribution in [0.5, 0.6) is 5.75 Å². The van der Waals surface area contributed by atoms with Gasteiger partial charge in [-0.15, -0.1) is 0 Å². The van der Waals surface area contributed by atoms with Crippen LogP contribution in [0, 0.1) is 30.4 Å². The molecule has 35 heavy (non-hydrogen) atoms. The standard InChI is InChI=1S/C32H38F2O/c1-23-8-12-25(13-9-23)7-5-3-4-6-22-35-28-18-16-27(17-19-28)30-21-20-29(31(33)32(30)34)26-14-10-24(2)11-15-26/h10-11,14-21,23,25H,3-9,12-13,22H2,1-2H3. The van der Waals surface area contributed by atoms with Crippen LogP contribution in [0.3, 0.4) is 0 Å². The zero-order valence-electron chi connectivity index (χ0n) is 21.2. The molecule has 0 radical (unpaired) electrons. The minimum absolute atomic E-state index is 0.261. The molecule has 1 saturated carbocycles. The van der Waals surface area contributed by atoms with E-state index in [4.69, 9.17) is 4.74 Å². The first-order chi connectivity index (χ1) is 17.0. The quantitative estimate of drug-likeness (QED) is 0.265. The number of aryl methyl sites for hydroxylation is 1. The van der Waals surface area contributed by atoms with Gasteiger partial charge in [-0.25, -0.2) is 8.78 Å². The first-order valence-electron chi connectivity index (χ1n) is 13.3. The highest BCUT2D eigenvalue weighted by Crippen LogP contribution is 2.33. The van der Waals surface area contributed by atoms with Gasteiger partial charge in [0.05, 0.1) is 6.61 Å². The summed E-state index contributed by atoms with van der Waals surface area (Å²) >= 11 is 0. The topological polar surface area (TPSA) is 9.23 Å². The van der Waals surface area contributed by atoms with Crippen molar-refractivity contribution in [2.24, 2.45) is 11.8 Å². The molecule has 1 fully saturated rings. The maximum atomic E-state index is 14.9. The van der Waals surface area contributed by atoms with Crippen LogP contribution in [-0.4, -0.2) is 6.61 Å². The third-order valence-electron chi connectivity index (χ3n) is 7.52. The molecular weight excluding hydrogens is 438 g/mol. The third kappa shape index (κ3) is 6.93. The fourth-order valence-corrected chi connectivity index (χ4v) is 5.16. The van der Waals surface area contributed by atoms with Gasteiger partial charge in [-0.3, -0.25) is 0 Å². The molecule has 1 aliphatic rings. The molecular formula is C32H38F2O. The molecule has 0 amide bonds. The molecule has 1 aliphatic carbocycles. The van der Waals surface area contributed by atoms with Gasteiger partial charge in [0.25, 0.3) is 0 Å². The molecule has 0 saturated heterocycles. The van der Waals surface area contributed by atoms with Crippen LogP contribution in [0.15, 0.2) is 60.7 Å². The lowest BCUT2D eigenvalue weighted by atomic mass is 9.80. The molecule has 0 aromatic heterocycles. The maximum absolute atomic E-state index is 14.9. The largest absolute Gasteiger partial charge is 0.494 e. The van der Waals surface area contributed by atoms with Gasteiger partial charge in [-0.1, -0.05) is 112 Å². The van der Waals surface area contributed by atoms with Gasteiger partial charge in [-0.05, 0) is 48.4 Å². The molecule has 0 N–H and O–H groups in total. The van der Waals surface area contributed by atoms with E-state index < -0.39 is 11.6 Å². The van der Waals surface area contributed by atoms with Gasteiger partial charge in [0, 0.05) is 11.1 Å². The van der Waals surface area contributed by atoms with E-state index in [0.717, 1.165) is 29.6 Å². The van der Waals surface area contributed by atoms with Crippen molar-refractivity contribution in [3.05, 3.63) is 77.9 Å². The van der Waals surface area contributed by atoms with Crippen LogP contribution in [0.2, 0.25) is 0 Å². The first-order valence-corrected chi connectivity index (χ1v) is 13.3. The van der Waals surface area contributed by atoms with Crippen molar-refractivity contribution in [1.29, 1.82) is 0 Å². The monoisotopic (exact) mass is 476 g/mol. The van der Waals surface area contributed by atoms with Gasteiger partial charge in [0.1, 0.15) is 5.75 Å². The van der Waals surface area contributed by atoms with Crippen molar-refractivity contribution in [3.8, 4) is 28.0 Å². The first kappa shape index (κ1) is 25.4. The molecule has 0 spiro atoms. The van der Waals surface area contributed by atoms with Crippen LogP contribution in [-0.2, 0) is 0 Å². The summed E-state index contributed by atoms with van der Waals surface area (Å²) in [5.41, 5.74) is 2.93. The Hall–Kier alpha value is -2.68. The van der Waals surface area contributed by atoms with E-state index in [1.54, 1.807) is 24.3 Å². The van der Waals surface area contributed by atoms with Gasteiger partial charge in [-0.2, -0.15) is 0 Å². The molecule has 0 heterocycles. The molecule has 3 heteroatoms. The Morgan fingerprint density at radius 3 is 1.83 bits per heavy atom. The summed E-state index contributed by atoms with van der Waals surface area (Å²) < 4.78 is 35.6. The normalized spacial score (nSPS) is 17.9. The zero-order chi connectivity index (χ0) is 24.6. The number of benzene rings is 3. The van der Waals surface area contributed by atoms with Gasteiger partial charge in [0.15, 0.2) is 11.6 Å². The number of hydrogen-bond donors (Lipinski definition) is 0. The van der Waals surface area contributed by atoms with Crippen molar-refractivity contribution < 1.29 is 13.5 Å². The summed E-state index contributed by atoms with van der Waals surface area (Å²) in [6.07, 6.45) is 11.9. The summed E-state index contributed by atoms with van der Waals surface area (Å²) in [6, 6.07) is 18.0. The summed E-state index contributed by atoms with van der Waals surface area (Å²) in [5.74, 6) is 1.02. The molecule has 3 aromatic carbocycles. The van der Waals surface area contributed by atoms with E-state index in [0.29, 0.717) is 17.7 Å². The van der Waals surface area contributed by atoms with Crippen LogP contribution < -0.4 is 4.74 Å². The predicted molar refractivity (Wildman–Crippen MR) is 142 cm³/mol. The lowest BCUT2D eigenvalue weighted by Gasteiger charge is -2.26. The lowest BCUT2D eigenvalue weighted by Crippen LogP contribution is -2.12. The minimum Gasteiger partial charge on any atom is -0.494 e. The summed E-state index contributed by atoms with van der Waals surface area (Å²) in [7, 11) is 0. The van der Waals surface area contributed by atoms with E-state index in [-0.39, 0.29) is 11.1 Å². The second kappa shape index (κ2) is 12.3. The highest BCUT2D eigenvalue weighted by Gasteiger charge is 2.18. The number of halogens is 2. The van der Waals surface area contributed by atoms with Gasteiger partial charge < -0.3 is 4.74 Å². The Morgan fingerprint density at radius 2 is 1.23 bits per heavy atom. The number of rotatable bonds is 10. The van der Waals surface area contributed by atoms with Crippen molar-refractivity contribution in [3.63, 3.8) is 0 Å². The number of hydrogen-bond acceptors (Lipinski definition) is 1. The van der Waals surface area contributed by atoms with E-state index in [1.807, 2.05) is 43.3 Å². The molecule has 0 bridgehead atoms. The summed E-state index contributed by atoms with van der Waals surface area (Å²) in [5, 5.41) is 0. The van der Waals surface area contributed by atoms with Crippen LogP contribution in [0.1, 0.15) is 70.3 Å². The smallest absolute Gasteiger partial charge is 0.167 e. The number of unbranched alkanes of at least 4 members (excludes halogenated alkanes) is 3. The average Bonchev–Trinajstić information content (AvgIpc) is 2.87. The second-order valence-corrected chi connectivity index (χ2v) is 10.4. The minimum atomic E-state index is -0.820. The van der Waals surface area contributed by atoms with Crippen molar-refractivity contribution in [1.82, 2.24) is 0 Å². The average molecular weight is 477 g/mol. The van der Waals surface area contributed by atoms with Crippen molar-refractivity contribution in [2.75, 3.05) is 6.61 Å². The second-order valence-electron chi connectivity index (χ2n) is 10.4. The molecule has 0 atom stereocenters. The Balaban J connectivity index is 1.23. The van der Waals surface area contributed by atoms with E-state index in [2.05, 4.69) is 6.92 Å². The fraction of sp³-hybridized carbons (Fsp3) is 0.438. The Bertz CT molecular complexity index is 1060. The third-order valence-corrected chi connectivity index (χ3v) is 7.52. The Kier molecular flexibility index (Phi) is 8.95. The molecule has 4 rings (SSSR count). The lowest BCUT2D eigenvalue weighted by molar-refractivity contribution is 0.268. The molecule has 0 unspecified atom stereocenters. The van der Waals surface area contributed by atoms with Crippen molar-refractivity contribution in [2.45, 2.75) is 71.6 Å². The predicted octanol–water partition coefficient (Wildman–Crippen LogP) is 9.76. The summed E-state index contributed by atoms with van der Waals surface area (Å²) in [6.45, 7) is 5.04. The van der Waals surface area contributed by atoms with E-state index in [9.17, 15) is 8.78 Å². The van der Waals surface area contributed by atoms with Crippen LogP contribution in [0.4, 0.5) is 8.78 Å². The maximum Gasteiger partial charge on any atom is 0.167 e. The van der Waals surface area contributed by atoms with Crippen LogP contribution >= 0.6 is 0 Å². The van der Waals surface area contributed by atoms with E-state index >= 15 is 0 Å². The number of ether oxygens (including phenoxy) is 1. The van der Waals surface area contributed by atoms with Gasteiger partial charge >= 0.3 is 0 Å². The molecule has 0 aliphatic heterocycles. The highest BCUT2D eigenvalue weighted by molar-refractivity contribution is 5.72. The van der Waals surface area contributed by atoms with Crippen LogP contribution in [0.25, 0.3) is 22.3 Å². The Labute approximate surface area is 209 Å².